The Morgan fingerprint density at radius 1 is 0.929 bits per heavy atom. The normalized spacial score (nSPS) is 19.2. The summed E-state index contributed by atoms with van der Waals surface area (Å²) in [6.45, 7) is 2.58. The van der Waals surface area contributed by atoms with Crippen LogP contribution in [0.2, 0.25) is 0 Å². The molecule has 0 amide bonds. The summed E-state index contributed by atoms with van der Waals surface area (Å²) in [6, 6.07) is 14.0. The van der Waals surface area contributed by atoms with Crippen LogP contribution in [-0.2, 0) is 18.1 Å². The van der Waals surface area contributed by atoms with Crippen molar-refractivity contribution in [1.29, 1.82) is 0 Å². The quantitative estimate of drug-likeness (QED) is 0.629. The van der Waals surface area contributed by atoms with Gasteiger partial charge in [0, 0.05) is 41.9 Å². The van der Waals surface area contributed by atoms with Crippen LogP contribution >= 0.6 is 0 Å². The predicted molar refractivity (Wildman–Crippen MR) is 105 cm³/mol. The van der Waals surface area contributed by atoms with Gasteiger partial charge in [-0.1, -0.05) is 18.2 Å². The van der Waals surface area contributed by atoms with Crippen LogP contribution < -0.4 is 10.2 Å². The number of anilines is 1. The number of alkyl halides is 3. The van der Waals surface area contributed by atoms with Crippen molar-refractivity contribution < 1.29 is 13.2 Å². The number of benzene rings is 2. The maximum Gasteiger partial charge on any atom is 0.416 e. The van der Waals surface area contributed by atoms with E-state index < -0.39 is 11.7 Å². The number of aromatic amines is 1. The van der Waals surface area contributed by atoms with Gasteiger partial charge in [-0.15, -0.1) is 0 Å². The van der Waals surface area contributed by atoms with E-state index in [1.54, 1.807) is 12.1 Å². The first-order chi connectivity index (χ1) is 13.5. The molecule has 1 spiro atoms. The molecule has 0 aliphatic carbocycles. The highest BCUT2D eigenvalue weighted by molar-refractivity contribution is 5.85. The molecule has 6 heteroatoms. The van der Waals surface area contributed by atoms with Crippen LogP contribution in [0.15, 0.2) is 48.5 Å². The van der Waals surface area contributed by atoms with Crippen molar-refractivity contribution in [3.8, 4) is 0 Å². The van der Waals surface area contributed by atoms with Crippen LogP contribution in [0.3, 0.4) is 0 Å². The molecule has 0 unspecified atom stereocenters. The van der Waals surface area contributed by atoms with E-state index in [0.29, 0.717) is 0 Å². The van der Waals surface area contributed by atoms with Crippen LogP contribution in [-0.4, -0.2) is 24.6 Å². The maximum atomic E-state index is 12.8. The summed E-state index contributed by atoms with van der Waals surface area (Å²) in [4.78, 5) is 5.83. The molecule has 1 saturated heterocycles. The molecule has 2 aliphatic rings. The Labute approximate surface area is 161 Å². The fourth-order valence-corrected chi connectivity index (χ4v) is 4.82. The van der Waals surface area contributed by atoms with E-state index in [0.717, 1.165) is 44.6 Å². The van der Waals surface area contributed by atoms with E-state index in [1.165, 1.54) is 34.3 Å². The number of aromatic nitrogens is 1. The number of nitrogens with zero attached hydrogens (tertiary/aromatic N) is 1. The highest BCUT2D eigenvalue weighted by atomic mass is 19.4. The molecule has 2 aromatic carbocycles. The van der Waals surface area contributed by atoms with Crippen molar-refractivity contribution in [3.63, 3.8) is 0 Å². The standard InChI is InChI=1S/C22H22F3N3/c23-22(24,25)15-5-7-16(8-6-15)28-13-10-21(11-14-28)20-18(9-12-26-21)17-3-1-2-4-19(17)27-20/h1-8,26-27H,9-14H2. The smallest absolute Gasteiger partial charge is 0.371 e. The zero-order valence-electron chi connectivity index (χ0n) is 15.4. The molecule has 0 radical (unpaired) electrons. The molecule has 1 fully saturated rings. The molecule has 2 N–H and O–H groups in total. The van der Waals surface area contributed by atoms with E-state index in [1.807, 2.05) is 0 Å². The average Bonchev–Trinajstić information content (AvgIpc) is 3.09. The summed E-state index contributed by atoms with van der Waals surface area (Å²) in [5, 5.41) is 5.05. The number of nitrogens with one attached hydrogen (secondary N) is 2. The van der Waals surface area contributed by atoms with Gasteiger partial charge in [0.05, 0.1) is 11.1 Å². The Kier molecular flexibility index (Phi) is 3.95. The molecule has 0 atom stereocenters. The van der Waals surface area contributed by atoms with Crippen molar-refractivity contribution in [2.45, 2.75) is 31.0 Å². The fraction of sp³-hybridized carbons (Fsp3) is 0.364. The second-order valence-electron chi connectivity index (χ2n) is 7.81. The predicted octanol–water partition coefficient (Wildman–Crippen LogP) is 4.83. The number of hydrogen-bond donors (Lipinski definition) is 2. The number of para-hydroxylation sites is 1. The Morgan fingerprint density at radius 2 is 1.64 bits per heavy atom. The average molecular weight is 385 g/mol. The van der Waals surface area contributed by atoms with E-state index in [9.17, 15) is 13.2 Å². The van der Waals surface area contributed by atoms with Gasteiger partial charge >= 0.3 is 6.18 Å². The second-order valence-corrected chi connectivity index (χ2v) is 7.81. The van der Waals surface area contributed by atoms with E-state index in [-0.39, 0.29) is 5.54 Å². The van der Waals surface area contributed by atoms with Gasteiger partial charge in [-0.25, -0.2) is 0 Å². The Bertz CT molecular complexity index is 996. The van der Waals surface area contributed by atoms with E-state index in [2.05, 4.69) is 39.5 Å². The summed E-state index contributed by atoms with van der Waals surface area (Å²) in [5.74, 6) is 0. The lowest BCUT2D eigenvalue weighted by atomic mass is 9.79. The molecule has 3 nitrogen and oxygen atoms in total. The Morgan fingerprint density at radius 3 is 2.36 bits per heavy atom. The third-order valence-electron chi connectivity index (χ3n) is 6.31. The third-order valence-corrected chi connectivity index (χ3v) is 6.31. The summed E-state index contributed by atoms with van der Waals surface area (Å²) in [7, 11) is 0. The van der Waals surface area contributed by atoms with Crippen LogP contribution in [0.4, 0.5) is 18.9 Å². The fourth-order valence-electron chi connectivity index (χ4n) is 4.82. The van der Waals surface area contributed by atoms with Crippen molar-refractivity contribution in [2.75, 3.05) is 24.5 Å². The van der Waals surface area contributed by atoms with Crippen LogP contribution in [0.1, 0.15) is 29.7 Å². The number of fused-ring (bicyclic) bond motifs is 4. The SMILES string of the molecule is FC(F)(F)c1ccc(N2CCC3(CC2)NCCc2c3[nH]c3ccccc23)cc1. The second kappa shape index (κ2) is 6.27. The zero-order valence-corrected chi connectivity index (χ0v) is 15.4. The lowest BCUT2D eigenvalue weighted by Gasteiger charge is -2.45. The molecular formula is C22H22F3N3. The Balaban J connectivity index is 1.39. The van der Waals surface area contributed by atoms with Crippen molar-refractivity contribution >= 4 is 16.6 Å². The molecule has 28 heavy (non-hydrogen) atoms. The largest absolute Gasteiger partial charge is 0.416 e. The van der Waals surface area contributed by atoms with Gasteiger partial charge < -0.3 is 15.2 Å². The Hall–Kier alpha value is -2.47. The number of hydrogen-bond acceptors (Lipinski definition) is 2. The van der Waals surface area contributed by atoms with Gasteiger partial charge in [0.2, 0.25) is 0 Å². The molecule has 3 heterocycles. The van der Waals surface area contributed by atoms with Gasteiger partial charge in [-0.2, -0.15) is 13.2 Å². The molecule has 0 bridgehead atoms. The lowest BCUT2D eigenvalue weighted by molar-refractivity contribution is -0.137. The van der Waals surface area contributed by atoms with Crippen LogP contribution in [0.5, 0.6) is 0 Å². The van der Waals surface area contributed by atoms with E-state index in [4.69, 9.17) is 0 Å². The monoisotopic (exact) mass is 385 g/mol. The zero-order chi connectivity index (χ0) is 19.4. The topological polar surface area (TPSA) is 31.1 Å². The van der Waals surface area contributed by atoms with Gasteiger partial charge in [-0.3, -0.25) is 0 Å². The third kappa shape index (κ3) is 2.78. The van der Waals surface area contributed by atoms with Crippen molar-refractivity contribution in [1.82, 2.24) is 10.3 Å². The van der Waals surface area contributed by atoms with Crippen molar-refractivity contribution in [2.24, 2.45) is 0 Å². The van der Waals surface area contributed by atoms with Crippen LogP contribution in [0, 0.1) is 0 Å². The first-order valence-electron chi connectivity index (χ1n) is 9.74. The van der Waals surface area contributed by atoms with Gasteiger partial charge in [0.1, 0.15) is 0 Å². The summed E-state index contributed by atoms with van der Waals surface area (Å²) < 4.78 is 38.4. The molecule has 146 valence electrons. The minimum atomic E-state index is -4.29. The maximum absolute atomic E-state index is 12.8. The number of rotatable bonds is 1. The highest BCUT2D eigenvalue weighted by Gasteiger charge is 2.41. The summed E-state index contributed by atoms with van der Waals surface area (Å²) in [6.07, 6.45) is -1.42. The summed E-state index contributed by atoms with van der Waals surface area (Å²) in [5.41, 5.74) is 4.08. The van der Waals surface area contributed by atoms with Gasteiger partial charge in [0.15, 0.2) is 0 Å². The first-order valence-corrected chi connectivity index (χ1v) is 9.74. The molecule has 2 aliphatic heterocycles. The molecule has 0 saturated carbocycles. The number of piperidine rings is 1. The molecule has 3 aromatic rings. The molecule has 5 rings (SSSR count). The van der Waals surface area contributed by atoms with Gasteiger partial charge in [-0.05, 0) is 55.2 Å². The van der Waals surface area contributed by atoms with Gasteiger partial charge in [0.25, 0.3) is 0 Å². The summed E-state index contributed by atoms with van der Waals surface area (Å²) >= 11 is 0. The number of H-pyrrole nitrogens is 1. The molecular weight excluding hydrogens is 363 g/mol. The van der Waals surface area contributed by atoms with E-state index >= 15 is 0 Å². The minimum absolute atomic E-state index is 0.0744. The highest BCUT2D eigenvalue weighted by Crippen LogP contribution is 2.41. The van der Waals surface area contributed by atoms with Crippen molar-refractivity contribution in [3.05, 3.63) is 65.4 Å². The van der Waals surface area contributed by atoms with Crippen LogP contribution in [0.25, 0.3) is 10.9 Å². The number of halogens is 3. The lowest BCUT2D eigenvalue weighted by Crippen LogP contribution is -2.54. The molecule has 1 aromatic heterocycles. The first kappa shape index (κ1) is 17.6. The minimum Gasteiger partial charge on any atom is -0.371 e.